The van der Waals surface area contributed by atoms with Crippen LogP contribution in [0.25, 0.3) is 0 Å². The first-order valence-corrected chi connectivity index (χ1v) is 5.65. The predicted molar refractivity (Wildman–Crippen MR) is 60.2 cm³/mol. The molecule has 1 saturated heterocycles. The summed E-state index contributed by atoms with van der Waals surface area (Å²) in [5.41, 5.74) is -0.734. The van der Waals surface area contributed by atoms with E-state index in [1.54, 1.807) is 0 Å². The Morgan fingerprint density at radius 1 is 1.47 bits per heavy atom. The van der Waals surface area contributed by atoms with Gasteiger partial charge in [0.2, 0.25) is 0 Å². The van der Waals surface area contributed by atoms with Crippen LogP contribution >= 0.6 is 0 Å². The van der Waals surface area contributed by atoms with Crippen molar-refractivity contribution in [3.05, 3.63) is 0 Å². The number of β-amino-alcohol motifs (C(OH)–C–C–N with tert-alkyl or cyclic N) is 1. The number of aliphatic hydroxyl groups is 1. The van der Waals surface area contributed by atoms with E-state index in [9.17, 15) is 5.11 Å². The second-order valence-electron chi connectivity index (χ2n) is 5.71. The summed E-state index contributed by atoms with van der Waals surface area (Å²) in [5.74, 6) is 0.317. The Bertz CT molecular complexity index is 259. The highest BCUT2D eigenvalue weighted by Crippen LogP contribution is 2.30. The molecular formula is C12H22N2O. The summed E-state index contributed by atoms with van der Waals surface area (Å²) < 4.78 is 0. The average molecular weight is 210 g/mol. The van der Waals surface area contributed by atoms with Crippen molar-refractivity contribution in [3.8, 4) is 6.07 Å². The van der Waals surface area contributed by atoms with E-state index in [0.29, 0.717) is 5.92 Å². The van der Waals surface area contributed by atoms with Gasteiger partial charge in [-0.1, -0.05) is 13.8 Å². The van der Waals surface area contributed by atoms with Crippen LogP contribution in [-0.2, 0) is 0 Å². The molecule has 0 spiro atoms. The van der Waals surface area contributed by atoms with Crippen LogP contribution in [0.2, 0.25) is 0 Å². The maximum atomic E-state index is 10.0. The molecule has 0 atom stereocenters. The van der Waals surface area contributed by atoms with Gasteiger partial charge in [0, 0.05) is 13.1 Å². The topological polar surface area (TPSA) is 47.3 Å². The summed E-state index contributed by atoms with van der Waals surface area (Å²) in [6.07, 6.45) is 0.873. The lowest BCUT2D eigenvalue weighted by atomic mass is 9.82. The van der Waals surface area contributed by atoms with Crippen molar-refractivity contribution >= 4 is 0 Å². The Kier molecular flexibility index (Phi) is 3.42. The Morgan fingerprint density at radius 3 is 2.40 bits per heavy atom. The monoisotopic (exact) mass is 210 g/mol. The SMILES string of the molecule is CC(C)C1(O)CN(CCC(C)(C)C#N)C1. The van der Waals surface area contributed by atoms with Crippen molar-refractivity contribution in [1.29, 1.82) is 5.26 Å². The Labute approximate surface area is 92.7 Å². The number of nitriles is 1. The molecule has 0 amide bonds. The van der Waals surface area contributed by atoms with Crippen molar-refractivity contribution in [2.24, 2.45) is 11.3 Å². The first-order valence-electron chi connectivity index (χ1n) is 5.65. The lowest BCUT2D eigenvalue weighted by Gasteiger charge is -2.49. The van der Waals surface area contributed by atoms with Gasteiger partial charge in [-0.15, -0.1) is 0 Å². The van der Waals surface area contributed by atoms with Gasteiger partial charge >= 0.3 is 0 Å². The molecule has 3 heteroatoms. The molecule has 15 heavy (non-hydrogen) atoms. The second kappa shape index (κ2) is 4.11. The molecule has 3 nitrogen and oxygen atoms in total. The van der Waals surface area contributed by atoms with E-state index in [0.717, 1.165) is 26.1 Å². The summed E-state index contributed by atoms with van der Waals surface area (Å²) in [4.78, 5) is 2.22. The molecule has 0 aromatic carbocycles. The van der Waals surface area contributed by atoms with Gasteiger partial charge in [-0.05, 0) is 32.7 Å². The molecule has 1 fully saturated rings. The minimum absolute atomic E-state index is 0.245. The molecule has 1 aliphatic rings. The van der Waals surface area contributed by atoms with E-state index < -0.39 is 5.60 Å². The zero-order valence-corrected chi connectivity index (χ0v) is 10.2. The third-order valence-corrected chi connectivity index (χ3v) is 3.43. The van der Waals surface area contributed by atoms with Crippen LogP contribution in [0.15, 0.2) is 0 Å². The quantitative estimate of drug-likeness (QED) is 0.767. The third-order valence-electron chi connectivity index (χ3n) is 3.43. The molecule has 0 unspecified atom stereocenters. The summed E-state index contributed by atoms with van der Waals surface area (Å²) in [6.45, 7) is 10.4. The van der Waals surface area contributed by atoms with Crippen LogP contribution in [-0.4, -0.2) is 35.2 Å². The predicted octanol–water partition coefficient (Wildman–Crippen LogP) is 1.63. The maximum Gasteiger partial charge on any atom is 0.0922 e. The fourth-order valence-electron chi connectivity index (χ4n) is 1.74. The highest BCUT2D eigenvalue weighted by atomic mass is 16.3. The number of likely N-dealkylation sites (tertiary alicyclic amines) is 1. The smallest absolute Gasteiger partial charge is 0.0922 e. The molecule has 86 valence electrons. The van der Waals surface area contributed by atoms with E-state index in [4.69, 9.17) is 5.26 Å². The van der Waals surface area contributed by atoms with Gasteiger partial charge in [0.05, 0.1) is 17.1 Å². The van der Waals surface area contributed by atoms with Crippen LogP contribution in [0.1, 0.15) is 34.1 Å². The molecule has 1 N–H and O–H groups in total. The van der Waals surface area contributed by atoms with E-state index >= 15 is 0 Å². The molecule has 0 bridgehead atoms. The Morgan fingerprint density at radius 2 is 2.00 bits per heavy atom. The lowest BCUT2D eigenvalue weighted by Crippen LogP contribution is -2.64. The van der Waals surface area contributed by atoms with Crippen LogP contribution in [0.5, 0.6) is 0 Å². The number of hydrogen-bond acceptors (Lipinski definition) is 3. The average Bonchev–Trinajstić information content (AvgIpc) is 2.10. The third kappa shape index (κ3) is 2.93. The zero-order valence-electron chi connectivity index (χ0n) is 10.2. The Hall–Kier alpha value is -0.590. The molecule has 0 aromatic heterocycles. The normalized spacial score (nSPS) is 21.1. The molecule has 0 aromatic rings. The van der Waals surface area contributed by atoms with Crippen LogP contribution in [0, 0.1) is 22.7 Å². The summed E-state index contributed by atoms with van der Waals surface area (Å²) in [7, 11) is 0. The van der Waals surface area contributed by atoms with Crippen molar-refractivity contribution < 1.29 is 5.11 Å². The standard InChI is InChI=1S/C12H22N2O/c1-10(2)12(15)8-14(9-12)6-5-11(3,4)7-13/h10,15H,5-6,8-9H2,1-4H3. The molecule has 0 aliphatic carbocycles. The van der Waals surface area contributed by atoms with Crippen LogP contribution < -0.4 is 0 Å². The lowest BCUT2D eigenvalue weighted by molar-refractivity contribution is -0.128. The highest BCUT2D eigenvalue weighted by molar-refractivity contribution is 4.99. The molecule has 1 heterocycles. The highest BCUT2D eigenvalue weighted by Gasteiger charge is 2.43. The molecule has 0 saturated carbocycles. The van der Waals surface area contributed by atoms with Crippen molar-refractivity contribution in [1.82, 2.24) is 4.90 Å². The Balaban J connectivity index is 2.28. The molecular weight excluding hydrogens is 188 g/mol. The van der Waals surface area contributed by atoms with Crippen LogP contribution in [0.4, 0.5) is 0 Å². The van der Waals surface area contributed by atoms with Crippen molar-refractivity contribution in [2.45, 2.75) is 39.7 Å². The fraction of sp³-hybridized carbons (Fsp3) is 0.917. The van der Waals surface area contributed by atoms with Gasteiger partial charge in [-0.3, -0.25) is 4.90 Å². The van der Waals surface area contributed by atoms with E-state index in [1.165, 1.54) is 0 Å². The maximum absolute atomic E-state index is 10.0. The van der Waals surface area contributed by atoms with E-state index in [1.807, 2.05) is 13.8 Å². The number of nitrogens with zero attached hydrogens (tertiary/aromatic N) is 2. The first kappa shape index (κ1) is 12.5. The summed E-state index contributed by atoms with van der Waals surface area (Å²) in [6, 6.07) is 2.30. The van der Waals surface area contributed by atoms with Gasteiger partial charge in [0.15, 0.2) is 0 Å². The molecule has 1 rings (SSSR count). The summed E-state index contributed by atoms with van der Waals surface area (Å²) in [5, 5.41) is 18.9. The summed E-state index contributed by atoms with van der Waals surface area (Å²) >= 11 is 0. The van der Waals surface area contributed by atoms with E-state index in [2.05, 4.69) is 24.8 Å². The first-order chi connectivity index (χ1) is 6.79. The van der Waals surface area contributed by atoms with Crippen molar-refractivity contribution in [2.75, 3.05) is 19.6 Å². The zero-order chi connectivity index (χ0) is 11.7. The minimum atomic E-state index is -0.489. The van der Waals surface area contributed by atoms with Gasteiger partial charge in [-0.2, -0.15) is 5.26 Å². The van der Waals surface area contributed by atoms with Crippen molar-refractivity contribution in [3.63, 3.8) is 0 Å². The molecule has 0 radical (unpaired) electrons. The van der Waals surface area contributed by atoms with Gasteiger partial charge in [-0.25, -0.2) is 0 Å². The van der Waals surface area contributed by atoms with E-state index in [-0.39, 0.29) is 5.41 Å². The van der Waals surface area contributed by atoms with Gasteiger partial charge < -0.3 is 5.11 Å². The molecule has 1 aliphatic heterocycles. The largest absolute Gasteiger partial charge is 0.387 e. The second-order valence-corrected chi connectivity index (χ2v) is 5.71. The minimum Gasteiger partial charge on any atom is -0.387 e. The van der Waals surface area contributed by atoms with Gasteiger partial charge in [0.1, 0.15) is 0 Å². The van der Waals surface area contributed by atoms with Crippen LogP contribution in [0.3, 0.4) is 0 Å². The number of hydrogen-bond donors (Lipinski definition) is 1. The van der Waals surface area contributed by atoms with Gasteiger partial charge in [0.25, 0.3) is 0 Å². The number of rotatable bonds is 4. The fourth-order valence-corrected chi connectivity index (χ4v) is 1.74.